The molecule has 0 N–H and O–H groups in total. The molecule has 9 aromatic carbocycles. The average Bonchev–Trinajstić information content (AvgIpc) is 3.81. The van der Waals surface area contributed by atoms with E-state index in [2.05, 4.69) is 218 Å². The van der Waals surface area contributed by atoms with Crippen LogP contribution in [-0.2, 0) is 0 Å². The van der Waals surface area contributed by atoms with Crippen LogP contribution in [0.1, 0.15) is 33.4 Å². The summed E-state index contributed by atoms with van der Waals surface area (Å²) in [5.74, 6) is 0. The van der Waals surface area contributed by atoms with Crippen LogP contribution in [0, 0.1) is 41.5 Å². The van der Waals surface area contributed by atoms with Crippen LogP contribution in [0.5, 0.6) is 0 Å². The van der Waals surface area contributed by atoms with Gasteiger partial charge < -0.3 is 18.9 Å². The van der Waals surface area contributed by atoms with E-state index in [0.29, 0.717) is 0 Å². The average molecular weight is 843 g/mol. The maximum absolute atomic E-state index is 2.63. The molecule has 4 nitrogen and oxygen atoms in total. The molecule has 11 aromatic rings. The van der Waals surface area contributed by atoms with Crippen molar-refractivity contribution < 1.29 is 0 Å². The van der Waals surface area contributed by atoms with E-state index in [4.69, 9.17) is 0 Å². The molecule has 6 heterocycles. The van der Waals surface area contributed by atoms with Gasteiger partial charge in [0.25, 0.3) is 13.4 Å². The smallest absolute Gasteiger partial charge is 0.252 e. The molecule has 66 heavy (non-hydrogen) atoms. The topological polar surface area (TPSA) is 16.3 Å². The molecule has 6 heteroatoms. The fourth-order valence-electron chi connectivity index (χ4n) is 12.9. The van der Waals surface area contributed by atoms with Crippen LogP contribution in [-0.4, -0.2) is 22.6 Å². The second-order valence-electron chi connectivity index (χ2n) is 19.8. The molecule has 4 aliphatic heterocycles. The number of nitrogens with zero attached hydrogens (tertiary/aromatic N) is 4. The van der Waals surface area contributed by atoms with Gasteiger partial charge in [0, 0.05) is 78.1 Å². The van der Waals surface area contributed by atoms with Crippen LogP contribution in [0.3, 0.4) is 0 Å². The predicted octanol–water partition coefficient (Wildman–Crippen LogP) is 11.0. The zero-order valence-corrected chi connectivity index (χ0v) is 38.0. The lowest BCUT2D eigenvalue weighted by Gasteiger charge is -2.40. The molecule has 0 saturated heterocycles. The maximum atomic E-state index is 2.63. The number of hydrogen-bond donors (Lipinski definition) is 0. The van der Waals surface area contributed by atoms with Gasteiger partial charge in [-0.2, -0.15) is 0 Å². The van der Waals surface area contributed by atoms with Crippen LogP contribution in [0.25, 0.3) is 55.0 Å². The molecule has 2 aromatic heterocycles. The van der Waals surface area contributed by atoms with Crippen molar-refractivity contribution in [1.29, 1.82) is 0 Å². The number of anilines is 6. The van der Waals surface area contributed by atoms with Crippen molar-refractivity contribution in [3.63, 3.8) is 0 Å². The Morgan fingerprint density at radius 1 is 0.303 bits per heavy atom. The molecule has 0 radical (unpaired) electrons. The number of benzene rings is 9. The zero-order chi connectivity index (χ0) is 44.0. The first kappa shape index (κ1) is 36.6. The molecule has 4 aliphatic rings. The Balaban J connectivity index is 1.06. The fraction of sp³-hybridized carbons (Fsp3) is 0.100. The zero-order valence-electron chi connectivity index (χ0n) is 38.0. The lowest BCUT2D eigenvalue weighted by molar-refractivity contribution is 1.16. The minimum absolute atomic E-state index is 0.0997. The van der Waals surface area contributed by atoms with E-state index in [1.54, 1.807) is 0 Å². The largest absolute Gasteiger partial charge is 0.311 e. The van der Waals surface area contributed by atoms with Gasteiger partial charge in [-0.3, -0.25) is 0 Å². The standard InChI is InChI=1S/C60H44B2N4/c1-33-13-19-39(20-14-33)63-49-23-17-35(3)27-45(49)61-47-29-37(5)25-43-41-31-42-44-26-38(6)30-48-60(44)66(56(42)32-55(41)65(59(43)47)53-11-7-9-51(63)57(53)61)54-12-8-10-52-58(54)62(48)46-28-36(4)18-24-50(46)64(52)40-21-15-34(2)16-22-40/h7-32H,1-6H3. The second kappa shape index (κ2) is 12.6. The van der Waals surface area contributed by atoms with Crippen molar-refractivity contribution in [3.8, 4) is 11.4 Å². The number of rotatable bonds is 2. The van der Waals surface area contributed by atoms with Gasteiger partial charge in [0.15, 0.2) is 0 Å². The van der Waals surface area contributed by atoms with E-state index in [9.17, 15) is 0 Å². The number of aryl methyl sites for hydroxylation is 6. The molecule has 0 atom stereocenters. The van der Waals surface area contributed by atoms with E-state index in [-0.39, 0.29) is 13.4 Å². The molecule has 0 aliphatic carbocycles. The second-order valence-corrected chi connectivity index (χ2v) is 19.8. The Hall–Kier alpha value is -7.69. The van der Waals surface area contributed by atoms with Crippen molar-refractivity contribution >= 4 is 124 Å². The van der Waals surface area contributed by atoms with Crippen molar-refractivity contribution in [3.05, 3.63) is 191 Å². The van der Waals surface area contributed by atoms with Gasteiger partial charge in [-0.1, -0.05) is 106 Å². The minimum atomic E-state index is 0.0997. The molecule has 310 valence electrons. The van der Waals surface area contributed by atoms with E-state index in [1.165, 1.54) is 155 Å². The molecule has 0 fully saturated rings. The SMILES string of the molecule is Cc1ccc(N2c3ccc(C)cc3B3c4c2cccc4-n2c4cc5c(cc4c4cc(C)cc3c42)c2cc(C)cc3c2n5-c2cccc4c2B3c2cc(C)ccc2N4c2ccc(C)cc2)cc1. The molecule has 0 spiro atoms. The third kappa shape index (κ3) is 4.56. The summed E-state index contributed by atoms with van der Waals surface area (Å²) in [6.07, 6.45) is 0. The van der Waals surface area contributed by atoms with Gasteiger partial charge >= 0.3 is 0 Å². The van der Waals surface area contributed by atoms with Gasteiger partial charge in [0.2, 0.25) is 0 Å². The highest BCUT2D eigenvalue weighted by Crippen LogP contribution is 2.46. The minimum Gasteiger partial charge on any atom is -0.311 e. The van der Waals surface area contributed by atoms with E-state index < -0.39 is 0 Å². The van der Waals surface area contributed by atoms with Gasteiger partial charge in [-0.05, 0) is 159 Å². The summed E-state index contributed by atoms with van der Waals surface area (Å²) in [4.78, 5) is 5.02. The molecule has 0 bridgehead atoms. The third-order valence-corrected chi connectivity index (χ3v) is 15.5. The Bertz CT molecular complexity index is 3760. The first-order valence-corrected chi connectivity index (χ1v) is 23.5. The third-order valence-electron chi connectivity index (χ3n) is 15.5. The van der Waals surface area contributed by atoms with E-state index in [0.717, 1.165) is 0 Å². The predicted molar refractivity (Wildman–Crippen MR) is 282 cm³/mol. The van der Waals surface area contributed by atoms with Crippen molar-refractivity contribution in [2.24, 2.45) is 0 Å². The Morgan fingerprint density at radius 3 is 1.14 bits per heavy atom. The number of aromatic nitrogens is 2. The first-order chi connectivity index (χ1) is 32.2. The number of hydrogen-bond acceptors (Lipinski definition) is 2. The monoisotopic (exact) mass is 842 g/mol. The normalized spacial score (nSPS) is 13.8. The highest BCUT2D eigenvalue weighted by molar-refractivity contribution is 7.01. The number of fused-ring (bicyclic) bond motifs is 14. The van der Waals surface area contributed by atoms with Crippen LogP contribution < -0.4 is 42.6 Å². The molecule has 15 rings (SSSR count). The summed E-state index contributed by atoms with van der Waals surface area (Å²) in [5, 5.41) is 5.27. The van der Waals surface area contributed by atoms with E-state index >= 15 is 0 Å². The van der Waals surface area contributed by atoms with Crippen LogP contribution in [0.2, 0.25) is 0 Å². The lowest BCUT2D eigenvalue weighted by Crippen LogP contribution is -2.60. The fourth-order valence-corrected chi connectivity index (χ4v) is 12.9. The quantitative estimate of drug-likeness (QED) is 0.161. The molecule has 0 unspecified atom stereocenters. The summed E-state index contributed by atoms with van der Waals surface area (Å²) < 4.78 is 5.26. The Kier molecular flexibility index (Phi) is 6.97. The Labute approximate surface area is 385 Å². The maximum Gasteiger partial charge on any atom is 0.252 e. The summed E-state index contributed by atoms with van der Waals surface area (Å²) in [6.45, 7) is 13.6. The highest BCUT2D eigenvalue weighted by Gasteiger charge is 2.44. The summed E-state index contributed by atoms with van der Waals surface area (Å²) in [5.41, 5.74) is 31.0. The van der Waals surface area contributed by atoms with E-state index in [1.807, 2.05) is 0 Å². The van der Waals surface area contributed by atoms with Gasteiger partial charge in [-0.15, -0.1) is 0 Å². The molecular formula is C60H44B2N4. The molecule has 0 amide bonds. The van der Waals surface area contributed by atoms with Crippen LogP contribution >= 0.6 is 0 Å². The van der Waals surface area contributed by atoms with Gasteiger partial charge in [-0.25, -0.2) is 0 Å². The Morgan fingerprint density at radius 2 is 0.697 bits per heavy atom. The van der Waals surface area contributed by atoms with Crippen molar-refractivity contribution in [2.75, 3.05) is 9.80 Å². The van der Waals surface area contributed by atoms with Gasteiger partial charge in [0.05, 0.1) is 11.0 Å². The summed E-state index contributed by atoms with van der Waals surface area (Å²) in [6, 6.07) is 61.2. The van der Waals surface area contributed by atoms with Crippen molar-refractivity contribution in [1.82, 2.24) is 9.13 Å². The van der Waals surface area contributed by atoms with Crippen LogP contribution in [0.15, 0.2) is 158 Å². The highest BCUT2D eigenvalue weighted by atomic mass is 15.2. The summed E-state index contributed by atoms with van der Waals surface area (Å²) >= 11 is 0. The van der Waals surface area contributed by atoms with Crippen LogP contribution in [0.4, 0.5) is 34.1 Å². The molecular weight excluding hydrogens is 798 g/mol. The first-order valence-electron chi connectivity index (χ1n) is 23.5. The molecule has 0 saturated carbocycles. The van der Waals surface area contributed by atoms with Crippen molar-refractivity contribution in [2.45, 2.75) is 41.5 Å². The van der Waals surface area contributed by atoms with Gasteiger partial charge in [0.1, 0.15) is 0 Å². The lowest BCUT2D eigenvalue weighted by atomic mass is 9.33. The summed E-state index contributed by atoms with van der Waals surface area (Å²) in [7, 11) is 0.